The average molecular weight is 248 g/mol. The Hall–Kier alpha value is -1.61. The molecule has 0 aliphatic heterocycles. The zero-order valence-electron chi connectivity index (χ0n) is 11.1. The minimum absolute atomic E-state index is 0.179. The van der Waals surface area contributed by atoms with Crippen molar-refractivity contribution in [1.29, 1.82) is 0 Å². The van der Waals surface area contributed by atoms with Gasteiger partial charge in [0.1, 0.15) is 5.60 Å². The quantitative estimate of drug-likeness (QED) is 0.658. The van der Waals surface area contributed by atoms with Crippen molar-refractivity contribution < 1.29 is 14.6 Å². The van der Waals surface area contributed by atoms with E-state index in [-0.39, 0.29) is 12.0 Å². The molecule has 0 radical (unpaired) electrons. The SMILES string of the molecule is C=C(CC(O)c1ccccc1)C(=O)OC(C)(C)C. The molecule has 1 aromatic rings. The number of aliphatic hydroxyl groups excluding tert-OH is 1. The van der Waals surface area contributed by atoms with Crippen molar-refractivity contribution in [2.45, 2.75) is 38.9 Å². The standard InChI is InChI=1S/C15H20O3/c1-11(14(17)18-15(2,3)4)10-13(16)12-8-6-5-7-9-12/h5-9,13,16H,1,10H2,2-4H3. The van der Waals surface area contributed by atoms with Gasteiger partial charge in [-0.25, -0.2) is 4.79 Å². The van der Waals surface area contributed by atoms with Crippen LogP contribution in [-0.2, 0) is 9.53 Å². The number of carbonyl (C=O) groups is 1. The van der Waals surface area contributed by atoms with Gasteiger partial charge in [-0.15, -0.1) is 0 Å². The molecule has 0 saturated heterocycles. The lowest BCUT2D eigenvalue weighted by Gasteiger charge is -2.21. The number of benzene rings is 1. The maximum atomic E-state index is 11.7. The Morgan fingerprint density at radius 3 is 2.39 bits per heavy atom. The fourth-order valence-electron chi connectivity index (χ4n) is 1.46. The highest BCUT2D eigenvalue weighted by Gasteiger charge is 2.20. The summed E-state index contributed by atoms with van der Waals surface area (Å²) in [4.78, 5) is 11.7. The third-order valence-corrected chi connectivity index (χ3v) is 2.31. The lowest BCUT2D eigenvalue weighted by Crippen LogP contribution is -2.25. The van der Waals surface area contributed by atoms with Gasteiger partial charge in [0.15, 0.2) is 0 Å². The second kappa shape index (κ2) is 5.83. The van der Waals surface area contributed by atoms with Gasteiger partial charge in [0, 0.05) is 12.0 Å². The Morgan fingerprint density at radius 1 is 1.33 bits per heavy atom. The van der Waals surface area contributed by atoms with Crippen molar-refractivity contribution in [2.75, 3.05) is 0 Å². The highest BCUT2D eigenvalue weighted by molar-refractivity contribution is 5.88. The van der Waals surface area contributed by atoms with Gasteiger partial charge in [-0.1, -0.05) is 36.9 Å². The van der Waals surface area contributed by atoms with E-state index in [0.29, 0.717) is 0 Å². The summed E-state index contributed by atoms with van der Waals surface area (Å²) in [5, 5.41) is 9.97. The van der Waals surface area contributed by atoms with E-state index in [2.05, 4.69) is 6.58 Å². The number of hydrogen-bond acceptors (Lipinski definition) is 3. The molecule has 0 heterocycles. The Balaban J connectivity index is 2.58. The predicted octanol–water partition coefficient (Wildman–Crippen LogP) is 3.01. The van der Waals surface area contributed by atoms with E-state index in [9.17, 15) is 9.90 Å². The molecule has 0 aliphatic rings. The van der Waals surface area contributed by atoms with Gasteiger partial charge in [-0.3, -0.25) is 0 Å². The van der Waals surface area contributed by atoms with Crippen LogP contribution in [0.3, 0.4) is 0 Å². The fourth-order valence-corrected chi connectivity index (χ4v) is 1.46. The van der Waals surface area contributed by atoms with Crippen LogP contribution in [0.25, 0.3) is 0 Å². The minimum atomic E-state index is -0.730. The first-order valence-corrected chi connectivity index (χ1v) is 5.94. The first-order valence-electron chi connectivity index (χ1n) is 5.94. The van der Waals surface area contributed by atoms with E-state index in [1.807, 2.05) is 30.3 Å². The number of aliphatic hydroxyl groups is 1. The molecular formula is C15H20O3. The Kier molecular flexibility index (Phi) is 4.68. The van der Waals surface area contributed by atoms with Gasteiger partial charge in [0.2, 0.25) is 0 Å². The highest BCUT2D eigenvalue weighted by Crippen LogP contribution is 2.21. The first kappa shape index (κ1) is 14.5. The lowest BCUT2D eigenvalue weighted by molar-refractivity contribution is -0.150. The topological polar surface area (TPSA) is 46.5 Å². The molecule has 98 valence electrons. The van der Waals surface area contributed by atoms with Crippen molar-refractivity contribution in [2.24, 2.45) is 0 Å². The Labute approximate surface area is 108 Å². The zero-order chi connectivity index (χ0) is 13.8. The third-order valence-electron chi connectivity index (χ3n) is 2.31. The van der Waals surface area contributed by atoms with Gasteiger partial charge < -0.3 is 9.84 Å². The van der Waals surface area contributed by atoms with E-state index in [1.54, 1.807) is 20.8 Å². The molecule has 0 spiro atoms. The second-order valence-corrected chi connectivity index (χ2v) is 5.24. The van der Waals surface area contributed by atoms with Crippen molar-refractivity contribution >= 4 is 5.97 Å². The molecule has 1 unspecified atom stereocenters. The molecule has 1 aromatic carbocycles. The average Bonchev–Trinajstić information content (AvgIpc) is 2.27. The number of rotatable bonds is 4. The molecular weight excluding hydrogens is 228 g/mol. The van der Waals surface area contributed by atoms with Crippen LogP contribution >= 0.6 is 0 Å². The zero-order valence-corrected chi connectivity index (χ0v) is 11.1. The van der Waals surface area contributed by atoms with E-state index in [0.717, 1.165) is 5.56 Å². The molecule has 1 rings (SSSR count). The van der Waals surface area contributed by atoms with Crippen LogP contribution in [0.1, 0.15) is 38.9 Å². The summed E-state index contributed by atoms with van der Waals surface area (Å²) in [5.41, 5.74) is 0.501. The van der Waals surface area contributed by atoms with Crippen LogP contribution in [0.15, 0.2) is 42.5 Å². The lowest BCUT2D eigenvalue weighted by atomic mass is 10.0. The normalized spacial score (nSPS) is 12.9. The van der Waals surface area contributed by atoms with Crippen LogP contribution in [0, 0.1) is 0 Å². The molecule has 18 heavy (non-hydrogen) atoms. The molecule has 0 aliphatic carbocycles. The second-order valence-electron chi connectivity index (χ2n) is 5.24. The summed E-state index contributed by atoms with van der Waals surface area (Å²) in [6, 6.07) is 9.18. The van der Waals surface area contributed by atoms with Crippen LogP contribution in [0.4, 0.5) is 0 Å². The van der Waals surface area contributed by atoms with E-state index in [1.165, 1.54) is 0 Å². The van der Waals surface area contributed by atoms with Gasteiger partial charge in [-0.05, 0) is 26.3 Å². The molecule has 1 atom stereocenters. The monoisotopic (exact) mass is 248 g/mol. The molecule has 0 fully saturated rings. The van der Waals surface area contributed by atoms with Gasteiger partial charge in [-0.2, -0.15) is 0 Å². The van der Waals surface area contributed by atoms with Crippen molar-refractivity contribution in [3.8, 4) is 0 Å². The van der Waals surface area contributed by atoms with E-state index < -0.39 is 17.7 Å². The van der Waals surface area contributed by atoms with Gasteiger partial charge in [0.05, 0.1) is 6.10 Å². The Bertz CT molecular complexity index is 415. The van der Waals surface area contributed by atoms with Crippen LogP contribution < -0.4 is 0 Å². The maximum Gasteiger partial charge on any atom is 0.334 e. The molecule has 3 heteroatoms. The predicted molar refractivity (Wildman–Crippen MR) is 71.0 cm³/mol. The van der Waals surface area contributed by atoms with Crippen molar-refractivity contribution in [3.63, 3.8) is 0 Å². The van der Waals surface area contributed by atoms with Crippen molar-refractivity contribution in [1.82, 2.24) is 0 Å². The van der Waals surface area contributed by atoms with Crippen LogP contribution in [0.5, 0.6) is 0 Å². The number of ether oxygens (including phenoxy) is 1. The summed E-state index contributed by atoms with van der Waals surface area (Å²) >= 11 is 0. The fraction of sp³-hybridized carbons (Fsp3) is 0.400. The van der Waals surface area contributed by atoms with Crippen LogP contribution in [-0.4, -0.2) is 16.7 Å². The van der Waals surface area contributed by atoms with E-state index in [4.69, 9.17) is 4.74 Å². The summed E-state index contributed by atoms with van der Waals surface area (Å²) in [6.07, 6.45) is -0.551. The molecule has 3 nitrogen and oxygen atoms in total. The Morgan fingerprint density at radius 2 is 1.89 bits per heavy atom. The third kappa shape index (κ3) is 4.72. The van der Waals surface area contributed by atoms with Crippen molar-refractivity contribution in [3.05, 3.63) is 48.0 Å². The summed E-state index contributed by atoms with van der Waals surface area (Å²) in [7, 11) is 0. The smallest absolute Gasteiger partial charge is 0.334 e. The molecule has 1 N–H and O–H groups in total. The maximum absolute atomic E-state index is 11.7. The molecule has 0 saturated carbocycles. The van der Waals surface area contributed by atoms with E-state index >= 15 is 0 Å². The van der Waals surface area contributed by atoms with Gasteiger partial charge in [0.25, 0.3) is 0 Å². The summed E-state index contributed by atoms with van der Waals surface area (Å²) in [5.74, 6) is -0.461. The minimum Gasteiger partial charge on any atom is -0.457 e. The highest BCUT2D eigenvalue weighted by atomic mass is 16.6. The number of carbonyl (C=O) groups excluding carboxylic acids is 1. The van der Waals surface area contributed by atoms with Gasteiger partial charge >= 0.3 is 5.97 Å². The summed E-state index contributed by atoms with van der Waals surface area (Å²) < 4.78 is 5.19. The van der Waals surface area contributed by atoms with Crippen LogP contribution in [0.2, 0.25) is 0 Å². The number of esters is 1. The summed E-state index contributed by atoms with van der Waals surface area (Å²) in [6.45, 7) is 9.06. The number of hydrogen-bond donors (Lipinski definition) is 1. The molecule has 0 aromatic heterocycles. The first-order chi connectivity index (χ1) is 8.29. The molecule has 0 bridgehead atoms. The molecule has 0 amide bonds. The largest absolute Gasteiger partial charge is 0.457 e.